The summed E-state index contributed by atoms with van der Waals surface area (Å²) in [5.74, 6) is 0.727. The van der Waals surface area contributed by atoms with Crippen LogP contribution in [-0.4, -0.2) is 19.7 Å². The van der Waals surface area contributed by atoms with E-state index in [1.807, 2.05) is 14.0 Å². The lowest BCUT2D eigenvalue weighted by Gasteiger charge is -1.94. The first-order chi connectivity index (χ1) is 6.66. The van der Waals surface area contributed by atoms with Crippen molar-refractivity contribution in [1.82, 2.24) is 19.7 Å². The third-order valence-corrected chi connectivity index (χ3v) is 3.30. The Morgan fingerprint density at radius 2 is 2.29 bits per heavy atom. The van der Waals surface area contributed by atoms with Crippen LogP contribution in [0, 0.1) is 0 Å². The Labute approximate surface area is 91.4 Å². The minimum Gasteiger partial charge on any atom is -0.255 e. The summed E-state index contributed by atoms with van der Waals surface area (Å²) in [7, 11) is 1.85. The van der Waals surface area contributed by atoms with Crippen molar-refractivity contribution in [2.45, 2.75) is 12.2 Å². The molecule has 2 aromatic heterocycles. The standard InChI is InChI=1S/C8H10N4S2/c1-5(13)8-9-3-6(14-8)7-10-4-12(2)11-7/h3-5,13H,1-2H3. The lowest BCUT2D eigenvalue weighted by atomic mass is 10.5. The fraction of sp³-hybridized carbons (Fsp3) is 0.375. The highest BCUT2D eigenvalue weighted by atomic mass is 32.1. The average molecular weight is 226 g/mol. The maximum atomic E-state index is 4.32. The predicted octanol–water partition coefficient (Wildman–Crippen LogP) is 1.93. The minimum atomic E-state index is 0.164. The van der Waals surface area contributed by atoms with Gasteiger partial charge in [0.25, 0.3) is 0 Å². The number of thiazole rings is 1. The highest BCUT2D eigenvalue weighted by molar-refractivity contribution is 7.80. The van der Waals surface area contributed by atoms with Gasteiger partial charge in [0.15, 0.2) is 5.82 Å². The smallest absolute Gasteiger partial charge is 0.192 e. The molecule has 0 radical (unpaired) electrons. The van der Waals surface area contributed by atoms with Crippen molar-refractivity contribution in [3.05, 3.63) is 17.5 Å². The summed E-state index contributed by atoms with van der Waals surface area (Å²) in [5.41, 5.74) is 0. The maximum Gasteiger partial charge on any atom is 0.192 e. The van der Waals surface area contributed by atoms with E-state index in [9.17, 15) is 0 Å². The number of hydrogen-bond acceptors (Lipinski definition) is 5. The van der Waals surface area contributed by atoms with E-state index in [0.717, 1.165) is 15.7 Å². The van der Waals surface area contributed by atoms with Crippen molar-refractivity contribution in [2.24, 2.45) is 7.05 Å². The number of rotatable bonds is 2. The van der Waals surface area contributed by atoms with Crippen LogP contribution in [0.5, 0.6) is 0 Å². The fourth-order valence-corrected chi connectivity index (χ4v) is 2.05. The van der Waals surface area contributed by atoms with Gasteiger partial charge in [0.2, 0.25) is 0 Å². The van der Waals surface area contributed by atoms with Crippen molar-refractivity contribution in [3.63, 3.8) is 0 Å². The van der Waals surface area contributed by atoms with Crippen LogP contribution in [0.1, 0.15) is 17.2 Å². The molecule has 0 fully saturated rings. The third kappa shape index (κ3) is 1.80. The van der Waals surface area contributed by atoms with Gasteiger partial charge in [-0.3, -0.25) is 4.68 Å². The Hall–Kier alpha value is -0.880. The van der Waals surface area contributed by atoms with Crippen LogP contribution in [0.4, 0.5) is 0 Å². The van der Waals surface area contributed by atoms with E-state index in [2.05, 4.69) is 27.7 Å². The molecule has 2 rings (SSSR count). The van der Waals surface area contributed by atoms with Crippen LogP contribution < -0.4 is 0 Å². The maximum absolute atomic E-state index is 4.32. The van der Waals surface area contributed by atoms with Crippen LogP contribution in [0.3, 0.4) is 0 Å². The Kier molecular flexibility index (Phi) is 2.56. The van der Waals surface area contributed by atoms with Gasteiger partial charge in [-0.25, -0.2) is 9.97 Å². The van der Waals surface area contributed by atoms with Crippen molar-refractivity contribution in [3.8, 4) is 10.7 Å². The zero-order chi connectivity index (χ0) is 10.1. The van der Waals surface area contributed by atoms with E-state index >= 15 is 0 Å². The molecule has 0 spiro atoms. The molecule has 0 aliphatic rings. The number of aryl methyl sites for hydroxylation is 1. The second-order valence-corrected chi connectivity index (χ2v) is 4.82. The van der Waals surface area contributed by atoms with E-state index in [0.29, 0.717) is 0 Å². The fourth-order valence-electron chi connectivity index (χ4n) is 1.04. The monoisotopic (exact) mass is 226 g/mol. The third-order valence-electron chi connectivity index (χ3n) is 1.70. The van der Waals surface area contributed by atoms with E-state index < -0.39 is 0 Å². The second kappa shape index (κ2) is 3.70. The van der Waals surface area contributed by atoms with E-state index in [1.165, 1.54) is 0 Å². The van der Waals surface area contributed by atoms with Gasteiger partial charge in [-0.15, -0.1) is 11.3 Å². The summed E-state index contributed by atoms with van der Waals surface area (Å²) in [5, 5.41) is 5.37. The Balaban J connectivity index is 2.33. The Bertz CT molecular complexity index is 432. The Morgan fingerprint density at radius 1 is 1.50 bits per heavy atom. The molecule has 14 heavy (non-hydrogen) atoms. The van der Waals surface area contributed by atoms with Crippen molar-refractivity contribution in [1.29, 1.82) is 0 Å². The van der Waals surface area contributed by atoms with Gasteiger partial charge in [-0.1, -0.05) is 0 Å². The molecule has 74 valence electrons. The molecule has 1 atom stereocenters. The molecule has 0 aliphatic heterocycles. The van der Waals surface area contributed by atoms with Gasteiger partial charge in [-0.05, 0) is 6.92 Å². The summed E-state index contributed by atoms with van der Waals surface area (Å²) in [6.07, 6.45) is 3.47. The molecule has 0 saturated heterocycles. The predicted molar refractivity (Wildman–Crippen MR) is 59.5 cm³/mol. The van der Waals surface area contributed by atoms with Crippen molar-refractivity contribution in [2.75, 3.05) is 0 Å². The zero-order valence-electron chi connectivity index (χ0n) is 7.88. The highest BCUT2D eigenvalue weighted by Gasteiger charge is 2.10. The van der Waals surface area contributed by atoms with E-state index in [-0.39, 0.29) is 5.25 Å². The molecule has 2 aromatic rings. The van der Waals surface area contributed by atoms with Crippen LogP contribution in [0.25, 0.3) is 10.7 Å². The van der Waals surface area contributed by atoms with Crippen LogP contribution in [0.15, 0.2) is 12.5 Å². The normalized spacial score (nSPS) is 13.1. The van der Waals surface area contributed by atoms with E-state index in [1.54, 1.807) is 28.5 Å². The molecule has 0 aliphatic carbocycles. The molecule has 1 unspecified atom stereocenters. The summed E-state index contributed by atoms with van der Waals surface area (Å²) < 4.78 is 1.68. The van der Waals surface area contributed by atoms with Gasteiger partial charge in [0.05, 0.1) is 10.1 Å². The first-order valence-electron chi connectivity index (χ1n) is 4.16. The molecule has 4 nitrogen and oxygen atoms in total. The molecule has 2 heterocycles. The topological polar surface area (TPSA) is 43.6 Å². The molecular weight excluding hydrogens is 216 g/mol. The minimum absolute atomic E-state index is 0.164. The number of hydrogen-bond donors (Lipinski definition) is 1. The number of thiol groups is 1. The molecule has 0 N–H and O–H groups in total. The molecule has 6 heteroatoms. The lowest BCUT2D eigenvalue weighted by Crippen LogP contribution is -1.86. The van der Waals surface area contributed by atoms with Crippen LogP contribution >= 0.6 is 24.0 Å². The highest BCUT2D eigenvalue weighted by Crippen LogP contribution is 2.28. The molecular formula is C8H10N4S2. The van der Waals surface area contributed by atoms with Gasteiger partial charge in [0, 0.05) is 13.2 Å². The Morgan fingerprint density at radius 3 is 2.79 bits per heavy atom. The largest absolute Gasteiger partial charge is 0.255 e. The molecule has 0 amide bonds. The first kappa shape index (κ1) is 9.67. The zero-order valence-corrected chi connectivity index (χ0v) is 9.59. The summed E-state index contributed by atoms with van der Waals surface area (Å²) >= 11 is 5.90. The average Bonchev–Trinajstić information content (AvgIpc) is 2.70. The van der Waals surface area contributed by atoms with Crippen molar-refractivity contribution < 1.29 is 0 Å². The number of aromatic nitrogens is 4. The van der Waals surface area contributed by atoms with E-state index in [4.69, 9.17) is 0 Å². The summed E-state index contributed by atoms with van der Waals surface area (Å²) in [4.78, 5) is 9.40. The lowest BCUT2D eigenvalue weighted by molar-refractivity contribution is 0.768. The van der Waals surface area contributed by atoms with Crippen LogP contribution in [-0.2, 0) is 7.05 Å². The van der Waals surface area contributed by atoms with Crippen LogP contribution in [0.2, 0.25) is 0 Å². The van der Waals surface area contributed by atoms with Gasteiger partial charge >= 0.3 is 0 Å². The summed E-state index contributed by atoms with van der Waals surface area (Å²) in [6, 6.07) is 0. The van der Waals surface area contributed by atoms with Gasteiger partial charge in [-0.2, -0.15) is 17.7 Å². The molecule has 0 aromatic carbocycles. The number of nitrogens with zero attached hydrogens (tertiary/aromatic N) is 4. The van der Waals surface area contributed by atoms with Crippen molar-refractivity contribution >= 4 is 24.0 Å². The summed E-state index contributed by atoms with van der Waals surface area (Å²) in [6.45, 7) is 2.00. The SMILES string of the molecule is CC(S)c1ncc(-c2ncn(C)n2)s1. The second-order valence-electron chi connectivity index (χ2n) is 2.98. The first-order valence-corrected chi connectivity index (χ1v) is 5.50. The molecule has 0 saturated carbocycles. The van der Waals surface area contributed by atoms with Gasteiger partial charge in [0.1, 0.15) is 11.3 Å². The molecule has 0 bridgehead atoms. The van der Waals surface area contributed by atoms with Gasteiger partial charge < -0.3 is 0 Å². The quantitative estimate of drug-likeness (QED) is 0.796.